The van der Waals surface area contributed by atoms with Crippen molar-refractivity contribution in [2.45, 2.75) is 67.2 Å². The molecule has 0 aliphatic rings. The number of rotatable bonds is 8. The minimum atomic E-state index is 0.786. The van der Waals surface area contributed by atoms with E-state index in [9.17, 15) is 0 Å². The maximum Gasteiger partial charge on any atom is -0.0205 e. The van der Waals surface area contributed by atoms with E-state index in [4.69, 9.17) is 0 Å². The lowest BCUT2D eigenvalue weighted by molar-refractivity contribution is 0.315. The SMILES string of the molecule is CC=CC(CC(C)C)C(C)CCC(C)CC. The molecule has 0 radical (unpaired) electrons. The second-order valence-corrected chi connectivity index (χ2v) is 5.89. The van der Waals surface area contributed by atoms with Crippen LogP contribution >= 0.6 is 0 Å². The quantitative estimate of drug-likeness (QED) is 0.465. The van der Waals surface area contributed by atoms with Gasteiger partial charge in [0.1, 0.15) is 0 Å². The summed E-state index contributed by atoms with van der Waals surface area (Å²) < 4.78 is 0. The molecular formula is C16H32. The first-order valence-corrected chi connectivity index (χ1v) is 7.14. The van der Waals surface area contributed by atoms with Crippen molar-refractivity contribution in [1.29, 1.82) is 0 Å². The van der Waals surface area contributed by atoms with E-state index in [1.54, 1.807) is 0 Å². The summed E-state index contributed by atoms with van der Waals surface area (Å²) in [5.74, 6) is 3.33. The number of allylic oxidation sites excluding steroid dienone is 2. The summed E-state index contributed by atoms with van der Waals surface area (Å²) in [6.07, 6.45) is 10.1. The molecule has 0 heterocycles. The molecule has 3 atom stereocenters. The maximum absolute atomic E-state index is 2.43. The smallest absolute Gasteiger partial charge is 0.0205 e. The molecule has 16 heavy (non-hydrogen) atoms. The molecular weight excluding hydrogens is 192 g/mol. The summed E-state index contributed by atoms with van der Waals surface area (Å²) in [6.45, 7) is 13.9. The molecule has 0 bridgehead atoms. The molecule has 0 nitrogen and oxygen atoms in total. The summed E-state index contributed by atoms with van der Waals surface area (Å²) in [5.41, 5.74) is 0. The lowest BCUT2D eigenvalue weighted by atomic mass is 9.82. The van der Waals surface area contributed by atoms with Crippen molar-refractivity contribution < 1.29 is 0 Å². The second-order valence-electron chi connectivity index (χ2n) is 5.89. The average Bonchev–Trinajstić information content (AvgIpc) is 2.24. The van der Waals surface area contributed by atoms with Crippen LogP contribution in [-0.2, 0) is 0 Å². The fraction of sp³-hybridized carbons (Fsp3) is 0.875. The first-order valence-electron chi connectivity index (χ1n) is 7.14. The molecule has 0 aliphatic carbocycles. The van der Waals surface area contributed by atoms with Crippen molar-refractivity contribution in [3.63, 3.8) is 0 Å². The third-order valence-corrected chi connectivity index (χ3v) is 3.73. The summed E-state index contributed by atoms with van der Waals surface area (Å²) in [6, 6.07) is 0. The Morgan fingerprint density at radius 2 is 1.62 bits per heavy atom. The molecule has 0 aromatic heterocycles. The second kappa shape index (κ2) is 8.84. The summed E-state index contributed by atoms with van der Waals surface area (Å²) >= 11 is 0. The highest BCUT2D eigenvalue weighted by Gasteiger charge is 2.16. The van der Waals surface area contributed by atoms with Crippen LogP contribution in [0.2, 0.25) is 0 Å². The lowest BCUT2D eigenvalue weighted by Gasteiger charge is -2.23. The van der Waals surface area contributed by atoms with E-state index in [2.05, 4.69) is 53.7 Å². The molecule has 0 saturated heterocycles. The summed E-state index contributed by atoms with van der Waals surface area (Å²) in [7, 11) is 0. The average molecular weight is 224 g/mol. The van der Waals surface area contributed by atoms with Gasteiger partial charge in [0.05, 0.1) is 0 Å². The summed E-state index contributed by atoms with van der Waals surface area (Å²) in [4.78, 5) is 0. The zero-order valence-electron chi connectivity index (χ0n) is 12.3. The van der Waals surface area contributed by atoms with Crippen LogP contribution in [0.3, 0.4) is 0 Å². The predicted octanol–water partition coefficient (Wildman–Crippen LogP) is 5.69. The van der Waals surface area contributed by atoms with Crippen molar-refractivity contribution in [2.75, 3.05) is 0 Å². The van der Waals surface area contributed by atoms with E-state index in [-0.39, 0.29) is 0 Å². The van der Waals surface area contributed by atoms with Gasteiger partial charge in [-0.2, -0.15) is 0 Å². The minimum Gasteiger partial charge on any atom is -0.0914 e. The Morgan fingerprint density at radius 1 is 1.00 bits per heavy atom. The molecule has 0 saturated carbocycles. The predicted molar refractivity (Wildman–Crippen MR) is 75.6 cm³/mol. The standard InChI is InChI=1S/C16H32/c1-7-9-16(12-13(3)4)15(6)11-10-14(5)8-2/h7,9,13-16H,8,10-12H2,1-6H3. The molecule has 96 valence electrons. The molecule has 0 aliphatic heterocycles. The Hall–Kier alpha value is -0.260. The first kappa shape index (κ1) is 15.7. The van der Waals surface area contributed by atoms with Crippen LogP contribution in [0.15, 0.2) is 12.2 Å². The molecule has 0 spiro atoms. The van der Waals surface area contributed by atoms with Crippen LogP contribution in [0.4, 0.5) is 0 Å². The highest BCUT2D eigenvalue weighted by atomic mass is 14.2. The molecule has 3 unspecified atom stereocenters. The Labute approximate surface area is 104 Å². The van der Waals surface area contributed by atoms with Crippen LogP contribution in [-0.4, -0.2) is 0 Å². The van der Waals surface area contributed by atoms with E-state index in [1.807, 2.05) is 0 Å². The Morgan fingerprint density at radius 3 is 2.06 bits per heavy atom. The first-order chi connectivity index (χ1) is 7.51. The van der Waals surface area contributed by atoms with E-state index in [0.717, 1.165) is 23.7 Å². The zero-order valence-corrected chi connectivity index (χ0v) is 12.3. The zero-order chi connectivity index (χ0) is 12.6. The van der Waals surface area contributed by atoms with Crippen LogP contribution < -0.4 is 0 Å². The molecule has 0 N–H and O–H groups in total. The van der Waals surface area contributed by atoms with Gasteiger partial charge in [0.2, 0.25) is 0 Å². The van der Waals surface area contributed by atoms with Gasteiger partial charge in [0, 0.05) is 0 Å². The van der Waals surface area contributed by atoms with Gasteiger partial charge in [-0.3, -0.25) is 0 Å². The minimum absolute atomic E-state index is 0.786. The van der Waals surface area contributed by atoms with Crippen LogP contribution in [0.25, 0.3) is 0 Å². The van der Waals surface area contributed by atoms with Gasteiger partial charge in [-0.25, -0.2) is 0 Å². The molecule has 0 aromatic rings. The monoisotopic (exact) mass is 224 g/mol. The highest BCUT2D eigenvalue weighted by molar-refractivity contribution is 4.89. The van der Waals surface area contributed by atoms with E-state index in [0.29, 0.717) is 0 Å². The maximum atomic E-state index is 2.43. The molecule has 0 fully saturated rings. The topological polar surface area (TPSA) is 0 Å². The highest BCUT2D eigenvalue weighted by Crippen LogP contribution is 2.27. The molecule has 0 rings (SSSR count). The number of hydrogen-bond donors (Lipinski definition) is 0. The normalized spacial score (nSPS) is 17.9. The fourth-order valence-corrected chi connectivity index (χ4v) is 2.26. The van der Waals surface area contributed by atoms with Crippen molar-refractivity contribution in [2.24, 2.45) is 23.7 Å². The van der Waals surface area contributed by atoms with Crippen molar-refractivity contribution in [3.05, 3.63) is 12.2 Å². The third kappa shape index (κ3) is 7.09. The van der Waals surface area contributed by atoms with Gasteiger partial charge in [0.15, 0.2) is 0 Å². The molecule has 0 aromatic carbocycles. The van der Waals surface area contributed by atoms with Crippen molar-refractivity contribution in [1.82, 2.24) is 0 Å². The van der Waals surface area contributed by atoms with E-state index >= 15 is 0 Å². The van der Waals surface area contributed by atoms with Crippen molar-refractivity contribution >= 4 is 0 Å². The van der Waals surface area contributed by atoms with Gasteiger partial charge in [-0.1, -0.05) is 59.6 Å². The van der Waals surface area contributed by atoms with Gasteiger partial charge in [-0.15, -0.1) is 0 Å². The van der Waals surface area contributed by atoms with E-state index < -0.39 is 0 Å². The van der Waals surface area contributed by atoms with Gasteiger partial charge in [0.25, 0.3) is 0 Å². The summed E-state index contributed by atoms with van der Waals surface area (Å²) in [5, 5.41) is 0. The Balaban J connectivity index is 4.10. The third-order valence-electron chi connectivity index (χ3n) is 3.73. The van der Waals surface area contributed by atoms with Crippen LogP contribution in [0, 0.1) is 23.7 Å². The van der Waals surface area contributed by atoms with E-state index in [1.165, 1.54) is 25.7 Å². The largest absolute Gasteiger partial charge is 0.0914 e. The fourth-order valence-electron chi connectivity index (χ4n) is 2.26. The van der Waals surface area contributed by atoms with Gasteiger partial charge < -0.3 is 0 Å². The van der Waals surface area contributed by atoms with Crippen molar-refractivity contribution in [3.8, 4) is 0 Å². The van der Waals surface area contributed by atoms with Crippen LogP contribution in [0.1, 0.15) is 67.2 Å². The van der Waals surface area contributed by atoms with Gasteiger partial charge in [-0.05, 0) is 43.4 Å². The lowest BCUT2D eigenvalue weighted by Crippen LogP contribution is -2.13. The molecule has 0 amide bonds. The Bertz CT molecular complexity index is 178. The number of hydrogen-bond acceptors (Lipinski definition) is 0. The van der Waals surface area contributed by atoms with Gasteiger partial charge >= 0.3 is 0 Å². The van der Waals surface area contributed by atoms with Crippen LogP contribution in [0.5, 0.6) is 0 Å². The Kier molecular flexibility index (Phi) is 8.70. The molecule has 0 heteroatoms.